The zero-order valence-corrected chi connectivity index (χ0v) is 7.59. The SMILES string of the molecule is C=C(C)N1CC2CC3C=CC32C1. The van der Waals surface area contributed by atoms with E-state index in [1.165, 1.54) is 25.2 Å². The van der Waals surface area contributed by atoms with Crippen molar-refractivity contribution in [2.75, 3.05) is 13.1 Å². The van der Waals surface area contributed by atoms with Crippen LogP contribution in [0.3, 0.4) is 0 Å². The highest BCUT2D eigenvalue weighted by Gasteiger charge is 2.60. The largest absolute Gasteiger partial charge is 0.374 e. The van der Waals surface area contributed by atoms with Crippen LogP contribution in [0.1, 0.15) is 13.3 Å². The lowest BCUT2D eigenvalue weighted by Gasteiger charge is -2.54. The molecule has 0 bridgehead atoms. The van der Waals surface area contributed by atoms with Gasteiger partial charge in [0.1, 0.15) is 0 Å². The van der Waals surface area contributed by atoms with Gasteiger partial charge < -0.3 is 4.90 Å². The van der Waals surface area contributed by atoms with E-state index in [9.17, 15) is 0 Å². The van der Waals surface area contributed by atoms with Gasteiger partial charge in [-0.2, -0.15) is 0 Å². The van der Waals surface area contributed by atoms with Crippen molar-refractivity contribution in [2.24, 2.45) is 17.3 Å². The summed E-state index contributed by atoms with van der Waals surface area (Å²) < 4.78 is 0. The van der Waals surface area contributed by atoms with Crippen LogP contribution in [-0.4, -0.2) is 18.0 Å². The van der Waals surface area contributed by atoms with E-state index < -0.39 is 0 Å². The van der Waals surface area contributed by atoms with Gasteiger partial charge in [-0.25, -0.2) is 0 Å². The van der Waals surface area contributed by atoms with Crippen molar-refractivity contribution in [1.29, 1.82) is 0 Å². The number of nitrogens with zero attached hydrogens (tertiary/aromatic N) is 1. The first kappa shape index (κ1) is 6.76. The molecule has 1 nitrogen and oxygen atoms in total. The van der Waals surface area contributed by atoms with E-state index in [1.807, 2.05) is 0 Å². The van der Waals surface area contributed by atoms with Crippen LogP contribution in [0.2, 0.25) is 0 Å². The molecule has 0 amide bonds. The maximum atomic E-state index is 4.02. The Morgan fingerprint density at radius 3 is 2.92 bits per heavy atom. The molecule has 12 heavy (non-hydrogen) atoms. The van der Waals surface area contributed by atoms with Crippen molar-refractivity contribution in [1.82, 2.24) is 4.90 Å². The fraction of sp³-hybridized carbons (Fsp3) is 0.636. The minimum atomic E-state index is 0.610. The Labute approximate surface area is 73.8 Å². The second-order valence-corrected chi connectivity index (χ2v) is 4.63. The maximum Gasteiger partial charge on any atom is 0.0275 e. The topological polar surface area (TPSA) is 3.24 Å². The van der Waals surface area contributed by atoms with Crippen LogP contribution in [-0.2, 0) is 0 Å². The van der Waals surface area contributed by atoms with Crippen molar-refractivity contribution in [3.63, 3.8) is 0 Å². The maximum absolute atomic E-state index is 4.02. The third-order valence-electron chi connectivity index (χ3n) is 4.07. The molecule has 1 heteroatoms. The van der Waals surface area contributed by atoms with Crippen molar-refractivity contribution in [3.05, 3.63) is 24.4 Å². The van der Waals surface area contributed by atoms with Gasteiger partial charge in [0, 0.05) is 24.2 Å². The number of hydrogen-bond donors (Lipinski definition) is 0. The predicted molar refractivity (Wildman–Crippen MR) is 49.6 cm³/mol. The lowest BCUT2D eigenvalue weighted by Crippen LogP contribution is -2.51. The minimum Gasteiger partial charge on any atom is -0.374 e. The molecule has 2 aliphatic carbocycles. The summed E-state index contributed by atoms with van der Waals surface area (Å²) in [4.78, 5) is 2.45. The Morgan fingerprint density at radius 1 is 1.67 bits per heavy atom. The zero-order chi connectivity index (χ0) is 8.34. The second-order valence-electron chi connectivity index (χ2n) is 4.63. The molecule has 1 aliphatic heterocycles. The van der Waals surface area contributed by atoms with Crippen LogP contribution < -0.4 is 0 Å². The van der Waals surface area contributed by atoms with Gasteiger partial charge >= 0.3 is 0 Å². The van der Waals surface area contributed by atoms with E-state index in [1.54, 1.807) is 0 Å². The molecule has 0 radical (unpaired) electrons. The highest BCUT2D eigenvalue weighted by molar-refractivity contribution is 5.31. The first-order chi connectivity index (χ1) is 5.72. The summed E-state index contributed by atoms with van der Waals surface area (Å²) in [6.07, 6.45) is 6.26. The first-order valence-electron chi connectivity index (χ1n) is 4.82. The van der Waals surface area contributed by atoms with Crippen LogP contribution in [0.4, 0.5) is 0 Å². The third kappa shape index (κ3) is 0.541. The fourth-order valence-electron chi connectivity index (χ4n) is 3.08. The van der Waals surface area contributed by atoms with Gasteiger partial charge in [0.25, 0.3) is 0 Å². The molecule has 3 unspecified atom stereocenters. The Bertz CT molecular complexity index is 279. The van der Waals surface area contributed by atoms with Crippen LogP contribution >= 0.6 is 0 Å². The monoisotopic (exact) mass is 161 g/mol. The third-order valence-corrected chi connectivity index (χ3v) is 4.07. The average molecular weight is 161 g/mol. The Balaban J connectivity index is 1.86. The van der Waals surface area contributed by atoms with Gasteiger partial charge in [-0.1, -0.05) is 18.7 Å². The first-order valence-corrected chi connectivity index (χ1v) is 4.82. The molecule has 3 aliphatic rings. The molecule has 1 spiro atoms. The summed E-state index contributed by atoms with van der Waals surface area (Å²) >= 11 is 0. The van der Waals surface area contributed by atoms with Gasteiger partial charge in [-0.15, -0.1) is 0 Å². The minimum absolute atomic E-state index is 0.610. The lowest BCUT2D eigenvalue weighted by molar-refractivity contribution is 0.0456. The van der Waals surface area contributed by atoms with Crippen molar-refractivity contribution < 1.29 is 0 Å². The molecule has 3 rings (SSSR count). The molecule has 0 aromatic heterocycles. The van der Waals surface area contributed by atoms with Gasteiger partial charge in [0.2, 0.25) is 0 Å². The lowest BCUT2D eigenvalue weighted by atomic mass is 9.48. The van der Waals surface area contributed by atoms with Gasteiger partial charge in [0.15, 0.2) is 0 Å². The quantitative estimate of drug-likeness (QED) is 0.532. The normalized spacial score (nSPS) is 47.6. The van der Waals surface area contributed by atoms with Crippen LogP contribution in [0.5, 0.6) is 0 Å². The van der Waals surface area contributed by atoms with E-state index in [-0.39, 0.29) is 0 Å². The van der Waals surface area contributed by atoms with Gasteiger partial charge in [-0.3, -0.25) is 0 Å². The molecule has 0 N–H and O–H groups in total. The summed E-state index contributed by atoms with van der Waals surface area (Å²) in [5.74, 6) is 1.87. The van der Waals surface area contributed by atoms with E-state index in [0.717, 1.165) is 11.8 Å². The highest BCUT2D eigenvalue weighted by atomic mass is 15.2. The van der Waals surface area contributed by atoms with E-state index in [0.29, 0.717) is 5.41 Å². The zero-order valence-electron chi connectivity index (χ0n) is 7.59. The number of allylic oxidation sites excluding steroid dienone is 2. The number of rotatable bonds is 1. The van der Waals surface area contributed by atoms with Gasteiger partial charge in [-0.05, 0) is 25.2 Å². The average Bonchev–Trinajstić information content (AvgIpc) is 2.37. The smallest absolute Gasteiger partial charge is 0.0275 e. The predicted octanol–water partition coefficient (Wildman–Crippen LogP) is 2.03. The molecule has 1 saturated heterocycles. The molecule has 0 aromatic rings. The van der Waals surface area contributed by atoms with Crippen molar-refractivity contribution >= 4 is 0 Å². The molecule has 1 heterocycles. The van der Waals surface area contributed by atoms with E-state index >= 15 is 0 Å². The summed E-state index contributed by atoms with van der Waals surface area (Å²) in [6.45, 7) is 8.64. The summed E-state index contributed by atoms with van der Waals surface area (Å²) in [6, 6.07) is 0. The fourth-order valence-corrected chi connectivity index (χ4v) is 3.08. The summed E-state index contributed by atoms with van der Waals surface area (Å²) in [7, 11) is 0. The van der Waals surface area contributed by atoms with E-state index in [4.69, 9.17) is 0 Å². The number of hydrogen-bond acceptors (Lipinski definition) is 1. The molecule has 3 atom stereocenters. The molecule has 0 aromatic carbocycles. The Hall–Kier alpha value is -0.720. The van der Waals surface area contributed by atoms with Crippen LogP contribution in [0.25, 0.3) is 0 Å². The van der Waals surface area contributed by atoms with Crippen molar-refractivity contribution in [2.45, 2.75) is 13.3 Å². The Morgan fingerprint density at radius 2 is 2.50 bits per heavy atom. The summed E-state index contributed by atoms with van der Waals surface area (Å²) in [5.41, 5.74) is 1.86. The van der Waals surface area contributed by atoms with E-state index in [2.05, 4.69) is 30.6 Å². The molecular weight excluding hydrogens is 146 g/mol. The van der Waals surface area contributed by atoms with Gasteiger partial charge in [0.05, 0.1) is 0 Å². The highest BCUT2D eigenvalue weighted by Crippen LogP contribution is 2.63. The van der Waals surface area contributed by atoms with Crippen LogP contribution in [0.15, 0.2) is 24.4 Å². The summed E-state index contributed by atoms with van der Waals surface area (Å²) in [5, 5.41) is 0. The standard InChI is InChI=1S/C11H15N/c1-8(2)12-6-10-5-9-3-4-11(9,10)7-12/h3-4,9-10H,1,5-7H2,2H3. The molecule has 1 saturated carbocycles. The van der Waals surface area contributed by atoms with Crippen LogP contribution in [0, 0.1) is 17.3 Å². The Kier molecular flexibility index (Phi) is 1.00. The number of likely N-dealkylation sites (tertiary alicyclic amines) is 1. The molecule has 64 valence electrons. The molecular formula is C11H15N. The second kappa shape index (κ2) is 1.78. The van der Waals surface area contributed by atoms with Crippen molar-refractivity contribution in [3.8, 4) is 0 Å². The molecule has 2 fully saturated rings.